The Kier molecular flexibility index (Phi) is 5.02. The number of thiophene rings is 1. The van der Waals surface area contributed by atoms with Crippen molar-refractivity contribution in [2.75, 3.05) is 31.2 Å². The number of nitrogens with zero attached hydrogens (tertiary/aromatic N) is 2. The summed E-state index contributed by atoms with van der Waals surface area (Å²) in [5.74, 6) is 0.0205. The highest BCUT2D eigenvalue weighted by atomic mass is 35.5. The van der Waals surface area contributed by atoms with E-state index in [2.05, 4.69) is 9.88 Å². The fourth-order valence-electron chi connectivity index (χ4n) is 2.98. The number of ether oxygens (including phenoxy) is 1. The second-order valence-corrected chi connectivity index (χ2v) is 7.47. The van der Waals surface area contributed by atoms with Crippen molar-refractivity contribution in [3.8, 4) is 11.1 Å². The number of morpholine rings is 1. The molecule has 0 radical (unpaired) electrons. The molecule has 6 heteroatoms. The monoisotopic (exact) mass is 384 g/mol. The average molecular weight is 385 g/mol. The van der Waals surface area contributed by atoms with Crippen LogP contribution < -0.4 is 4.90 Å². The fourth-order valence-corrected chi connectivity index (χ4v) is 4.30. The maximum Gasteiger partial charge on any atom is 0.203 e. The number of pyridine rings is 1. The number of benzene rings is 1. The summed E-state index contributed by atoms with van der Waals surface area (Å²) in [7, 11) is 0. The van der Waals surface area contributed by atoms with Gasteiger partial charge in [0.1, 0.15) is 0 Å². The van der Waals surface area contributed by atoms with Crippen LogP contribution in [0.5, 0.6) is 0 Å². The molecule has 0 amide bonds. The maximum atomic E-state index is 12.9. The molecule has 0 bridgehead atoms. The van der Waals surface area contributed by atoms with E-state index < -0.39 is 0 Å². The second kappa shape index (κ2) is 7.58. The number of carbonyl (C=O) groups excluding carboxylic acids is 1. The largest absolute Gasteiger partial charge is 0.378 e. The van der Waals surface area contributed by atoms with Crippen molar-refractivity contribution in [1.82, 2.24) is 4.98 Å². The van der Waals surface area contributed by atoms with Crippen LogP contribution in [0.4, 0.5) is 5.00 Å². The van der Waals surface area contributed by atoms with Gasteiger partial charge in [0, 0.05) is 41.6 Å². The van der Waals surface area contributed by atoms with Crippen molar-refractivity contribution in [2.45, 2.75) is 0 Å². The van der Waals surface area contributed by atoms with Crippen molar-refractivity contribution in [3.05, 3.63) is 70.3 Å². The molecular weight excluding hydrogens is 368 g/mol. The van der Waals surface area contributed by atoms with Gasteiger partial charge in [0.05, 0.1) is 23.1 Å². The van der Waals surface area contributed by atoms with Gasteiger partial charge in [-0.15, -0.1) is 11.3 Å². The Bertz CT molecular complexity index is 903. The van der Waals surface area contributed by atoms with E-state index >= 15 is 0 Å². The van der Waals surface area contributed by atoms with Crippen LogP contribution in [0.25, 0.3) is 11.1 Å². The summed E-state index contributed by atoms with van der Waals surface area (Å²) in [5, 5.41) is 1.80. The van der Waals surface area contributed by atoms with Gasteiger partial charge in [0.2, 0.25) is 5.78 Å². The molecule has 0 aliphatic carbocycles. The summed E-state index contributed by atoms with van der Waals surface area (Å²) in [5.41, 5.74) is 2.77. The number of ketones is 1. The van der Waals surface area contributed by atoms with Crippen LogP contribution in [-0.2, 0) is 4.74 Å². The molecule has 3 heterocycles. The molecule has 1 saturated heterocycles. The molecule has 0 atom stereocenters. The maximum absolute atomic E-state index is 12.9. The first-order chi connectivity index (χ1) is 12.7. The predicted octanol–water partition coefficient (Wildman–Crippen LogP) is 4.53. The lowest BCUT2D eigenvalue weighted by molar-refractivity contribution is 0.104. The Hall–Kier alpha value is -2.21. The highest BCUT2D eigenvalue weighted by Crippen LogP contribution is 2.40. The van der Waals surface area contributed by atoms with Gasteiger partial charge in [0.25, 0.3) is 0 Å². The number of hydrogen-bond acceptors (Lipinski definition) is 5. The van der Waals surface area contributed by atoms with Gasteiger partial charge in [-0.1, -0.05) is 23.7 Å². The zero-order valence-corrected chi connectivity index (χ0v) is 15.6. The molecule has 0 unspecified atom stereocenters. The van der Waals surface area contributed by atoms with Gasteiger partial charge >= 0.3 is 0 Å². The minimum Gasteiger partial charge on any atom is -0.378 e. The number of carbonyl (C=O) groups is 1. The minimum atomic E-state index is 0.0205. The Morgan fingerprint density at radius 3 is 2.46 bits per heavy atom. The number of hydrogen-bond donors (Lipinski definition) is 0. The van der Waals surface area contributed by atoms with Gasteiger partial charge in [-0.25, -0.2) is 0 Å². The Labute approximate surface area is 161 Å². The van der Waals surface area contributed by atoms with Crippen LogP contribution in [0.15, 0.2) is 54.9 Å². The molecule has 4 rings (SSSR count). The summed E-state index contributed by atoms with van der Waals surface area (Å²) in [6, 6.07) is 13.2. The van der Waals surface area contributed by atoms with Gasteiger partial charge in [-0.05, 0) is 35.9 Å². The van der Waals surface area contributed by atoms with E-state index in [1.165, 1.54) is 11.3 Å². The van der Waals surface area contributed by atoms with Crippen molar-refractivity contribution in [2.24, 2.45) is 0 Å². The van der Waals surface area contributed by atoms with Crippen LogP contribution in [0.1, 0.15) is 15.2 Å². The first kappa shape index (κ1) is 17.2. The lowest BCUT2D eigenvalue weighted by Crippen LogP contribution is -2.35. The van der Waals surface area contributed by atoms with E-state index in [1.54, 1.807) is 24.5 Å². The Morgan fingerprint density at radius 2 is 1.77 bits per heavy atom. The molecule has 4 nitrogen and oxygen atoms in total. The summed E-state index contributed by atoms with van der Waals surface area (Å²) >= 11 is 7.57. The van der Waals surface area contributed by atoms with Crippen molar-refractivity contribution in [3.63, 3.8) is 0 Å². The third-order valence-electron chi connectivity index (χ3n) is 4.33. The fraction of sp³-hybridized carbons (Fsp3) is 0.200. The molecular formula is C20H17ClN2O2S. The minimum absolute atomic E-state index is 0.0205. The van der Waals surface area contributed by atoms with E-state index in [0.717, 1.165) is 34.1 Å². The van der Waals surface area contributed by atoms with Crippen LogP contribution in [0.3, 0.4) is 0 Å². The number of aromatic nitrogens is 1. The molecule has 1 fully saturated rings. The SMILES string of the molecule is O=C(c1ccncc1)c1cc(-c2ccc(Cl)cc2)c(N2CCOCC2)s1. The summed E-state index contributed by atoms with van der Waals surface area (Å²) in [4.78, 5) is 19.9. The first-order valence-electron chi connectivity index (χ1n) is 8.39. The van der Waals surface area contributed by atoms with Gasteiger partial charge in [-0.3, -0.25) is 9.78 Å². The smallest absolute Gasteiger partial charge is 0.203 e. The molecule has 0 spiro atoms. The van der Waals surface area contributed by atoms with Gasteiger partial charge in [-0.2, -0.15) is 0 Å². The van der Waals surface area contributed by atoms with E-state index in [1.807, 2.05) is 30.3 Å². The molecule has 26 heavy (non-hydrogen) atoms. The molecule has 0 saturated carbocycles. The molecule has 1 aliphatic rings. The van der Waals surface area contributed by atoms with Gasteiger partial charge < -0.3 is 9.64 Å². The average Bonchev–Trinajstić information content (AvgIpc) is 3.15. The third kappa shape index (κ3) is 3.51. The van der Waals surface area contributed by atoms with Crippen molar-refractivity contribution >= 4 is 33.7 Å². The molecule has 3 aromatic rings. The molecule has 132 valence electrons. The highest BCUT2D eigenvalue weighted by Gasteiger charge is 2.22. The van der Waals surface area contributed by atoms with Crippen LogP contribution >= 0.6 is 22.9 Å². The number of halogens is 1. The normalized spacial score (nSPS) is 14.4. The van der Waals surface area contributed by atoms with E-state index in [0.29, 0.717) is 23.8 Å². The second-order valence-electron chi connectivity index (χ2n) is 6.00. The standard InChI is InChI=1S/C20H17ClN2O2S/c21-16-3-1-14(2-4-16)17-13-18(19(24)15-5-7-22-8-6-15)26-20(17)23-9-11-25-12-10-23/h1-8,13H,9-12H2. The third-order valence-corrected chi connectivity index (χ3v) is 5.78. The zero-order chi connectivity index (χ0) is 17.9. The summed E-state index contributed by atoms with van der Waals surface area (Å²) in [6.07, 6.45) is 3.29. The Morgan fingerprint density at radius 1 is 1.08 bits per heavy atom. The quantitative estimate of drug-likeness (QED) is 0.620. The zero-order valence-electron chi connectivity index (χ0n) is 14.0. The van der Waals surface area contributed by atoms with Crippen molar-refractivity contribution in [1.29, 1.82) is 0 Å². The lowest BCUT2D eigenvalue weighted by Gasteiger charge is -2.28. The van der Waals surface area contributed by atoms with Crippen LogP contribution in [-0.4, -0.2) is 37.1 Å². The molecule has 1 aromatic carbocycles. The van der Waals surface area contributed by atoms with Gasteiger partial charge in [0.15, 0.2) is 0 Å². The topological polar surface area (TPSA) is 42.4 Å². The first-order valence-corrected chi connectivity index (χ1v) is 9.59. The van der Waals surface area contributed by atoms with Crippen LogP contribution in [0.2, 0.25) is 5.02 Å². The highest BCUT2D eigenvalue weighted by molar-refractivity contribution is 7.18. The summed E-state index contributed by atoms with van der Waals surface area (Å²) in [6.45, 7) is 3.05. The van der Waals surface area contributed by atoms with Crippen LogP contribution in [0, 0.1) is 0 Å². The van der Waals surface area contributed by atoms with Crippen molar-refractivity contribution < 1.29 is 9.53 Å². The molecule has 1 aliphatic heterocycles. The predicted molar refractivity (Wildman–Crippen MR) is 105 cm³/mol. The van der Waals surface area contributed by atoms with E-state index in [9.17, 15) is 4.79 Å². The molecule has 2 aromatic heterocycles. The summed E-state index contributed by atoms with van der Waals surface area (Å²) < 4.78 is 5.48. The Balaban J connectivity index is 1.77. The molecule has 0 N–H and O–H groups in total. The number of rotatable bonds is 4. The van der Waals surface area contributed by atoms with E-state index in [4.69, 9.17) is 16.3 Å². The number of anilines is 1. The lowest BCUT2D eigenvalue weighted by atomic mass is 10.1. The van der Waals surface area contributed by atoms with E-state index in [-0.39, 0.29) is 5.78 Å².